The number of piperazine rings is 1. The quantitative estimate of drug-likeness (QED) is 0.928. The first-order valence-electron chi connectivity index (χ1n) is 7.12. The molecule has 2 aromatic rings. The van der Waals surface area contributed by atoms with Crippen LogP contribution in [0.25, 0.3) is 10.2 Å². The lowest BCUT2D eigenvalue weighted by Crippen LogP contribution is -2.58. The molecule has 0 bridgehead atoms. The van der Waals surface area contributed by atoms with Gasteiger partial charge in [-0.1, -0.05) is 12.1 Å². The number of fused-ring (bicyclic) bond motifs is 1. The Morgan fingerprint density at radius 3 is 2.95 bits per heavy atom. The van der Waals surface area contributed by atoms with Crippen molar-refractivity contribution in [1.29, 1.82) is 0 Å². The maximum absolute atomic E-state index is 6.45. The summed E-state index contributed by atoms with van der Waals surface area (Å²) in [5.41, 5.74) is 7.54. The van der Waals surface area contributed by atoms with E-state index in [9.17, 15) is 0 Å². The molecule has 1 aromatic carbocycles. The van der Waals surface area contributed by atoms with Gasteiger partial charge in [0.05, 0.1) is 15.2 Å². The second-order valence-electron chi connectivity index (χ2n) is 5.75. The monoisotopic (exact) mass is 290 g/mol. The Kier molecular flexibility index (Phi) is 4.03. The topological polar surface area (TPSA) is 45.4 Å². The molecule has 1 fully saturated rings. The highest BCUT2D eigenvalue weighted by molar-refractivity contribution is 7.18. The summed E-state index contributed by atoms with van der Waals surface area (Å²) in [5, 5.41) is 1.15. The number of benzene rings is 1. The molecule has 2 heterocycles. The maximum Gasteiger partial charge on any atom is 0.0954 e. The largest absolute Gasteiger partial charge is 0.326 e. The van der Waals surface area contributed by atoms with Gasteiger partial charge in [0.2, 0.25) is 0 Å². The van der Waals surface area contributed by atoms with Crippen molar-refractivity contribution in [2.24, 2.45) is 5.73 Å². The molecule has 1 saturated heterocycles. The van der Waals surface area contributed by atoms with Crippen LogP contribution in [0, 0.1) is 0 Å². The Labute approximate surface area is 124 Å². The fourth-order valence-electron chi connectivity index (χ4n) is 2.85. The average molecular weight is 290 g/mol. The minimum absolute atomic E-state index is 0.142. The van der Waals surface area contributed by atoms with Crippen molar-refractivity contribution in [2.45, 2.75) is 18.5 Å². The van der Waals surface area contributed by atoms with Crippen molar-refractivity contribution in [3.05, 3.63) is 29.3 Å². The SMILES string of the molecule is CN1CCN(C)C(C(N)Cc2nc3ccccc3s2)C1. The number of likely N-dealkylation sites (N-methyl/N-ethyl adjacent to an activating group) is 2. The minimum atomic E-state index is 0.142. The minimum Gasteiger partial charge on any atom is -0.326 e. The molecule has 108 valence electrons. The van der Waals surface area contributed by atoms with Crippen molar-refractivity contribution in [1.82, 2.24) is 14.8 Å². The molecule has 0 spiro atoms. The summed E-state index contributed by atoms with van der Waals surface area (Å²) in [6.07, 6.45) is 0.863. The van der Waals surface area contributed by atoms with Gasteiger partial charge in [-0.2, -0.15) is 0 Å². The molecular weight excluding hydrogens is 268 g/mol. The van der Waals surface area contributed by atoms with Crippen LogP contribution in [0.4, 0.5) is 0 Å². The normalized spacial score (nSPS) is 23.2. The number of rotatable bonds is 3. The second kappa shape index (κ2) is 5.77. The highest BCUT2D eigenvalue weighted by atomic mass is 32.1. The zero-order chi connectivity index (χ0) is 14.1. The lowest BCUT2D eigenvalue weighted by molar-refractivity contribution is 0.0973. The Bertz CT molecular complexity index is 549. The molecule has 1 aliphatic rings. The van der Waals surface area contributed by atoms with Crippen molar-refractivity contribution in [3.8, 4) is 0 Å². The van der Waals surface area contributed by atoms with Crippen molar-refractivity contribution >= 4 is 21.6 Å². The molecule has 1 aliphatic heterocycles. The molecule has 3 rings (SSSR count). The molecule has 0 radical (unpaired) electrons. The van der Waals surface area contributed by atoms with Gasteiger partial charge in [-0.3, -0.25) is 4.90 Å². The highest BCUT2D eigenvalue weighted by Gasteiger charge is 2.28. The predicted octanol–water partition coefficient (Wildman–Crippen LogP) is 1.41. The summed E-state index contributed by atoms with van der Waals surface area (Å²) in [6, 6.07) is 8.86. The molecule has 20 heavy (non-hydrogen) atoms. The average Bonchev–Trinajstić information content (AvgIpc) is 2.83. The van der Waals surface area contributed by atoms with Gasteiger partial charge < -0.3 is 10.6 Å². The van der Waals surface area contributed by atoms with Crippen LogP contribution in [-0.2, 0) is 6.42 Å². The Morgan fingerprint density at radius 2 is 2.15 bits per heavy atom. The van der Waals surface area contributed by atoms with Crippen LogP contribution < -0.4 is 5.73 Å². The summed E-state index contributed by atoms with van der Waals surface area (Å²) >= 11 is 1.77. The number of nitrogens with zero attached hydrogens (tertiary/aromatic N) is 3. The van der Waals surface area contributed by atoms with Gasteiger partial charge >= 0.3 is 0 Å². The van der Waals surface area contributed by atoms with Gasteiger partial charge in [0.25, 0.3) is 0 Å². The molecule has 5 heteroatoms. The van der Waals surface area contributed by atoms with Crippen molar-refractivity contribution in [3.63, 3.8) is 0 Å². The summed E-state index contributed by atoms with van der Waals surface area (Å²) in [5.74, 6) is 0. The Hall–Kier alpha value is -1.01. The number of aromatic nitrogens is 1. The first kappa shape index (κ1) is 13.9. The number of nitrogens with two attached hydrogens (primary N) is 1. The molecule has 0 saturated carbocycles. The molecule has 2 atom stereocenters. The lowest BCUT2D eigenvalue weighted by Gasteiger charge is -2.40. The van der Waals surface area contributed by atoms with E-state index in [2.05, 4.69) is 42.1 Å². The molecular formula is C15H22N4S. The zero-order valence-electron chi connectivity index (χ0n) is 12.1. The zero-order valence-corrected chi connectivity index (χ0v) is 12.9. The van der Waals surface area contributed by atoms with E-state index in [1.54, 1.807) is 11.3 Å². The van der Waals surface area contributed by atoms with E-state index < -0.39 is 0 Å². The van der Waals surface area contributed by atoms with E-state index in [-0.39, 0.29) is 6.04 Å². The van der Waals surface area contributed by atoms with Gasteiger partial charge in [-0.15, -0.1) is 11.3 Å². The van der Waals surface area contributed by atoms with E-state index in [4.69, 9.17) is 10.7 Å². The van der Waals surface area contributed by atoms with Crippen LogP contribution in [-0.4, -0.2) is 60.6 Å². The maximum atomic E-state index is 6.45. The fraction of sp³-hybridized carbons (Fsp3) is 0.533. The number of hydrogen-bond donors (Lipinski definition) is 1. The molecule has 0 aliphatic carbocycles. The first-order valence-corrected chi connectivity index (χ1v) is 7.94. The van der Waals surface area contributed by atoms with E-state index in [0.717, 1.165) is 36.6 Å². The van der Waals surface area contributed by atoms with Crippen molar-refractivity contribution < 1.29 is 0 Å². The van der Waals surface area contributed by atoms with E-state index >= 15 is 0 Å². The van der Waals surface area contributed by atoms with Gasteiger partial charge in [-0.05, 0) is 26.2 Å². The van der Waals surface area contributed by atoms with Gasteiger partial charge in [0.1, 0.15) is 0 Å². The van der Waals surface area contributed by atoms with Crippen LogP contribution >= 0.6 is 11.3 Å². The van der Waals surface area contributed by atoms with Gasteiger partial charge in [0, 0.05) is 38.1 Å². The third-order valence-electron chi connectivity index (χ3n) is 4.14. The number of hydrogen-bond acceptors (Lipinski definition) is 5. The fourth-order valence-corrected chi connectivity index (χ4v) is 3.89. The Morgan fingerprint density at radius 1 is 1.35 bits per heavy atom. The highest BCUT2D eigenvalue weighted by Crippen LogP contribution is 2.23. The molecule has 0 amide bonds. The van der Waals surface area contributed by atoms with Crippen LogP contribution in [0.5, 0.6) is 0 Å². The molecule has 4 nitrogen and oxygen atoms in total. The standard InChI is InChI=1S/C15H22N4S/c1-18-7-8-19(2)13(10-18)11(16)9-15-17-12-5-3-4-6-14(12)20-15/h3-6,11,13H,7-10,16H2,1-2H3. The number of para-hydroxylation sites is 1. The van der Waals surface area contributed by atoms with Crippen LogP contribution in [0.1, 0.15) is 5.01 Å². The van der Waals surface area contributed by atoms with Crippen LogP contribution in [0.2, 0.25) is 0 Å². The summed E-state index contributed by atoms with van der Waals surface area (Å²) in [4.78, 5) is 9.45. The predicted molar refractivity (Wildman–Crippen MR) is 85.2 cm³/mol. The smallest absolute Gasteiger partial charge is 0.0954 e. The molecule has 2 N–H and O–H groups in total. The van der Waals surface area contributed by atoms with Crippen LogP contribution in [0.3, 0.4) is 0 Å². The molecule has 1 aromatic heterocycles. The number of thiazole rings is 1. The third kappa shape index (κ3) is 2.86. The Balaban J connectivity index is 1.72. The molecule has 2 unspecified atom stereocenters. The van der Waals surface area contributed by atoms with Gasteiger partial charge in [-0.25, -0.2) is 4.98 Å². The van der Waals surface area contributed by atoms with Crippen LogP contribution in [0.15, 0.2) is 24.3 Å². The lowest BCUT2D eigenvalue weighted by atomic mass is 10.0. The van der Waals surface area contributed by atoms with Crippen molar-refractivity contribution in [2.75, 3.05) is 33.7 Å². The summed E-state index contributed by atoms with van der Waals surface area (Å²) < 4.78 is 1.25. The first-order chi connectivity index (χ1) is 9.63. The summed E-state index contributed by atoms with van der Waals surface area (Å²) in [7, 11) is 4.35. The van der Waals surface area contributed by atoms with E-state index in [1.165, 1.54) is 4.70 Å². The van der Waals surface area contributed by atoms with E-state index in [0.29, 0.717) is 6.04 Å². The second-order valence-corrected chi connectivity index (χ2v) is 6.87. The summed E-state index contributed by atoms with van der Waals surface area (Å²) in [6.45, 7) is 3.26. The van der Waals surface area contributed by atoms with E-state index in [1.807, 2.05) is 6.07 Å². The third-order valence-corrected chi connectivity index (χ3v) is 5.20. The van der Waals surface area contributed by atoms with Gasteiger partial charge in [0.15, 0.2) is 0 Å².